The van der Waals surface area contributed by atoms with Crippen LogP contribution in [0, 0.1) is 0 Å². The molecule has 2 heterocycles. The molecule has 0 bridgehead atoms. The second-order valence-electron chi connectivity index (χ2n) is 4.22. The van der Waals surface area contributed by atoms with Gasteiger partial charge in [0.05, 0.1) is 21.9 Å². The van der Waals surface area contributed by atoms with Crippen molar-refractivity contribution in [2.45, 2.75) is 26.0 Å². The van der Waals surface area contributed by atoms with Gasteiger partial charge in [0.1, 0.15) is 6.10 Å². The van der Waals surface area contributed by atoms with Gasteiger partial charge in [0.2, 0.25) is 0 Å². The first-order valence-corrected chi connectivity index (χ1v) is 6.28. The number of hydrogen-bond donors (Lipinski definition) is 1. The smallest absolute Gasteiger partial charge is 0.124 e. The van der Waals surface area contributed by atoms with Gasteiger partial charge in [0.15, 0.2) is 0 Å². The Bertz CT molecular complexity index is 554. The van der Waals surface area contributed by atoms with E-state index in [-0.39, 0.29) is 6.04 Å². The van der Waals surface area contributed by atoms with Crippen LogP contribution < -0.4 is 0 Å². The van der Waals surface area contributed by atoms with Gasteiger partial charge in [-0.1, -0.05) is 23.2 Å². The number of rotatable bonds is 3. The summed E-state index contributed by atoms with van der Waals surface area (Å²) in [7, 11) is 0. The Morgan fingerprint density at radius 1 is 1.22 bits per heavy atom. The highest BCUT2D eigenvalue weighted by Crippen LogP contribution is 2.32. The van der Waals surface area contributed by atoms with Gasteiger partial charge in [-0.15, -0.1) is 0 Å². The number of halogens is 2. The number of aromatic nitrogens is 3. The van der Waals surface area contributed by atoms with Gasteiger partial charge < -0.3 is 5.11 Å². The predicted octanol–water partition coefficient (Wildman–Crippen LogP) is 3.25. The van der Waals surface area contributed by atoms with Gasteiger partial charge in [-0.25, -0.2) is 0 Å². The van der Waals surface area contributed by atoms with Crippen molar-refractivity contribution in [3.8, 4) is 0 Å². The lowest BCUT2D eigenvalue weighted by Crippen LogP contribution is -2.13. The Labute approximate surface area is 115 Å². The van der Waals surface area contributed by atoms with Crippen LogP contribution in [0.4, 0.5) is 0 Å². The Hall–Kier alpha value is -1.10. The summed E-state index contributed by atoms with van der Waals surface area (Å²) in [5.41, 5.74) is 1.11. The zero-order chi connectivity index (χ0) is 13.3. The van der Waals surface area contributed by atoms with Crippen molar-refractivity contribution in [1.82, 2.24) is 14.8 Å². The van der Waals surface area contributed by atoms with E-state index in [4.69, 9.17) is 23.2 Å². The molecule has 2 rings (SSSR count). The third-order valence-electron chi connectivity index (χ3n) is 2.63. The molecule has 0 fully saturated rings. The van der Waals surface area contributed by atoms with Crippen LogP contribution in [0.3, 0.4) is 0 Å². The summed E-state index contributed by atoms with van der Waals surface area (Å²) in [5, 5.41) is 15.4. The van der Waals surface area contributed by atoms with Gasteiger partial charge in [-0.3, -0.25) is 9.67 Å². The summed E-state index contributed by atoms with van der Waals surface area (Å²) in [6.07, 6.45) is 3.67. The monoisotopic (exact) mass is 285 g/mol. The topological polar surface area (TPSA) is 50.9 Å². The molecule has 1 N–H and O–H groups in total. The van der Waals surface area contributed by atoms with Crippen LogP contribution >= 0.6 is 23.2 Å². The molecule has 0 amide bonds. The average molecular weight is 286 g/mol. The van der Waals surface area contributed by atoms with E-state index in [1.54, 1.807) is 16.9 Å². The first-order valence-electron chi connectivity index (χ1n) is 5.52. The lowest BCUT2D eigenvalue weighted by atomic mass is 10.1. The summed E-state index contributed by atoms with van der Waals surface area (Å²) < 4.78 is 1.68. The Morgan fingerprint density at radius 3 is 2.56 bits per heavy atom. The number of aliphatic hydroxyl groups excluding tert-OH is 1. The molecule has 0 aliphatic heterocycles. The SMILES string of the molecule is CC(C)n1ncc(Cl)c1C(O)c1ccncc1Cl. The molecule has 0 aliphatic rings. The quantitative estimate of drug-likeness (QED) is 0.942. The molecule has 96 valence electrons. The van der Waals surface area contributed by atoms with Crippen molar-refractivity contribution in [2.75, 3.05) is 0 Å². The van der Waals surface area contributed by atoms with Crippen molar-refractivity contribution in [3.63, 3.8) is 0 Å². The first kappa shape index (κ1) is 13.3. The van der Waals surface area contributed by atoms with E-state index >= 15 is 0 Å². The van der Waals surface area contributed by atoms with E-state index in [1.165, 1.54) is 12.4 Å². The molecule has 0 saturated carbocycles. The minimum absolute atomic E-state index is 0.0998. The fraction of sp³-hybridized carbons (Fsp3) is 0.333. The third-order valence-corrected chi connectivity index (χ3v) is 3.24. The maximum atomic E-state index is 10.4. The molecule has 4 nitrogen and oxygen atoms in total. The van der Waals surface area contributed by atoms with E-state index in [1.807, 2.05) is 13.8 Å². The molecule has 1 unspecified atom stereocenters. The first-order chi connectivity index (χ1) is 8.52. The van der Waals surface area contributed by atoms with Crippen LogP contribution in [0.25, 0.3) is 0 Å². The Balaban J connectivity index is 2.49. The minimum atomic E-state index is -0.919. The van der Waals surface area contributed by atoms with E-state index < -0.39 is 6.10 Å². The van der Waals surface area contributed by atoms with Crippen LogP contribution in [-0.2, 0) is 0 Å². The van der Waals surface area contributed by atoms with Crippen LogP contribution in [0.5, 0.6) is 0 Å². The molecule has 0 spiro atoms. The lowest BCUT2D eigenvalue weighted by Gasteiger charge is -2.17. The molecule has 0 radical (unpaired) electrons. The largest absolute Gasteiger partial charge is 0.382 e. The number of nitrogens with zero attached hydrogens (tertiary/aromatic N) is 3. The fourth-order valence-corrected chi connectivity index (χ4v) is 2.23. The van der Waals surface area contributed by atoms with Crippen molar-refractivity contribution >= 4 is 23.2 Å². The summed E-state index contributed by atoms with van der Waals surface area (Å²) in [5.74, 6) is 0. The lowest BCUT2D eigenvalue weighted by molar-refractivity contribution is 0.205. The van der Waals surface area contributed by atoms with E-state index in [0.29, 0.717) is 21.3 Å². The zero-order valence-corrected chi connectivity index (χ0v) is 11.5. The summed E-state index contributed by atoms with van der Waals surface area (Å²) in [4.78, 5) is 3.89. The van der Waals surface area contributed by atoms with Gasteiger partial charge in [-0.05, 0) is 19.9 Å². The molecule has 2 aromatic heterocycles. The van der Waals surface area contributed by atoms with Crippen molar-refractivity contribution in [2.24, 2.45) is 0 Å². The highest BCUT2D eigenvalue weighted by Gasteiger charge is 2.22. The molecule has 0 saturated heterocycles. The van der Waals surface area contributed by atoms with Crippen molar-refractivity contribution < 1.29 is 5.11 Å². The van der Waals surface area contributed by atoms with Gasteiger partial charge in [-0.2, -0.15) is 5.10 Å². The Kier molecular flexibility index (Phi) is 3.90. The molecule has 18 heavy (non-hydrogen) atoms. The van der Waals surface area contributed by atoms with Gasteiger partial charge >= 0.3 is 0 Å². The van der Waals surface area contributed by atoms with Crippen LogP contribution in [-0.4, -0.2) is 19.9 Å². The van der Waals surface area contributed by atoms with Crippen molar-refractivity contribution in [1.29, 1.82) is 0 Å². The predicted molar refractivity (Wildman–Crippen MR) is 70.9 cm³/mol. The summed E-state index contributed by atoms with van der Waals surface area (Å²) in [6, 6.07) is 1.77. The zero-order valence-electron chi connectivity index (χ0n) is 10.0. The second kappa shape index (κ2) is 5.26. The molecule has 2 aromatic rings. The van der Waals surface area contributed by atoms with Crippen molar-refractivity contribution in [3.05, 3.63) is 46.0 Å². The third kappa shape index (κ3) is 2.36. The van der Waals surface area contributed by atoms with Crippen LogP contribution in [0.2, 0.25) is 10.0 Å². The molecule has 1 atom stereocenters. The highest BCUT2D eigenvalue weighted by atomic mass is 35.5. The highest BCUT2D eigenvalue weighted by molar-refractivity contribution is 6.32. The second-order valence-corrected chi connectivity index (χ2v) is 5.03. The van der Waals surface area contributed by atoms with Gasteiger partial charge in [0, 0.05) is 24.0 Å². The molecule has 6 heteroatoms. The summed E-state index contributed by atoms with van der Waals surface area (Å²) >= 11 is 12.1. The van der Waals surface area contributed by atoms with Gasteiger partial charge in [0.25, 0.3) is 0 Å². The number of aliphatic hydroxyl groups is 1. The molecule has 0 aromatic carbocycles. The molecular formula is C12H13Cl2N3O. The standard InChI is InChI=1S/C12H13Cl2N3O/c1-7(2)17-11(10(14)6-16-17)12(18)8-3-4-15-5-9(8)13/h3-7,12,18H,1-2H3. The fourth-order valence-electron chi connectivity index (χ4n) is 1.77. The Morgan fingerprint density at radius 2 is 1.94 bits per heavy atom. The maximum absolute atomic E-state index is 10.4. The maximum Gasteiger partial charge on any atom is 0.124 e. The molecule has 0 aliphatic carbocycles. The summed E-state index contributed by atoms with van der Waals surface area (Å²) in [6.45, 7) is 3.93. The van der Waals surface area contributed by atoms with E-state index in [9.17, 15) is 5.11 Å². The van der Waals surface area contributed by atoms with Crippen LogP contribution in [0.1, 0.15) is 37.3 Å². The van der Waals surface area contributed by atoms with E-state index in [0.717, 1.165) is 0 Å². The minimum Gasteiger partial charge on any atom is -0.382 e. The number of hydrogen-bond acceptors (Lipinski definition) is 3. The molecular weight excluding hydrogens is 273 g/mol. The van der Waals surface area contributed by atoms with E-state index in [2.05, 4.69) is 10.1 Å². The normalized spacial score (nSPS) is 13.0. The number of pyridine rings is 1. The van der Waals surface area contributed by atoms with Crippen LogP contribution in [0.15, 0.2) is 24.7 Å². The average Bonchev–Trinajstić information content (AvgIpc) is 2.71.